The molecule has 0 bridgehead atoms. The number of amidine groups is 2. The van der Waals surface area contributed by atoms with Crippen molar-refractivity contribution in [2.45, 2.75) is 13.2 Å². The molecule has 0 unspecified atom stereocenters. The molecule has 1 aliphatic rings. The highest BCUT2D eigenvalue weighted by Crippen LogP contribution is 2.47. The highest BCUT2D eigenvalue weighted by Gasteiger charge is 2.26. The van der Waals surface area contributed by atoms with Gasteiger partial charge in [0.1, 0.15) is 6.67 Å². The summed E-state index contributed by atoms with van der Waals surface area (Å²) in [5.74, 6) is 1.07. The van der Waals surface area contributed by atoms with Crippen molar-refractivity contribution in [2.75, 3.05) is 4.90 Å². The van der Waals surface area contributed by atoms with E-state index < -0.39 is 0 Å². The van der Waals surface area contributed by atoms with Gasteiger partial charge in [-0.25, -0.2) is 15.0 Å². The Bertz CT molecular complexity index is 3140. The first kappa shape index (κ1) is 36.4. The third kappa shape index (κ3) is 6.70. The van der Waals surface area contributed by atoms with Gasteiger partial charge in [0, 0.05) is 39.7 Å². The minimum Gasteiger partial charge on any atom is -0.335 e. The minimum absolute atomic E-state index is 0.331. The van der Waals surface area contributed by atoms with Crippen LogP contribution in [0.15, 0.2) is 214 Å². The molecule has 1 aromatic heterocycles. The second-order valence-electron chi connectivity index (χ2n) is 14.8. The van der Waals surface area contributed by atoms with E-state index in [2.05, 4.69) is 178 Å². The van der Waals surface area contributed by atoms with Crippen LogP contribution in [0.1, 0.15) is 16.7 Å². The number of fused-ring (bicyclic) bond motifs is 6. The van der Waals surface area contributed by atoms with Gasteiger partial charge in [0.05, 0.1) is 22.4 Å². The zero-order valence-corrected chi connectivity index (χ0v) is 33.0. The number of anilines is 2. The first-order valence-corrected chi connectivity index (χ1v) is 20.0. The molecule has 8 aromatic carbocycles. The third-order valence-electron chi connectivity index (χ3n) is 11.3. The van der Waals surface area contributed by atoms with Crippen LogP contribution < -0.4 is 4.90 Å². The summed E-state index contributed by atoms with van der Waals surface area (Å²) in [4.78, 5) is 21.8. The summed E-state index contributed by atoms with van der Waals surface area (Å²) in [6, 6.07) is 67.6. The molecule has 6 nitrogen and oxygen atoms in total. The van der Waals surface area contributed by atoms with Crippen molar-refractivity contribution in [3.05, 3.63) is 211 Å². The van der Waals surface area contributed by atoms with Crippen molar-refractivity contribution in [1.29, 1.82) is 0 Å². The molecule has 0 amide bonds. The molecule has 0 atom stereocenters. The normalized spacial score (nSPS) is 12.6. The molecule has 0 spiro atoms. The van der Waals surface area contributed by atoms with Crippen LogP contribution in [0, 0.1) is 0 Å². The number of aliphatic imine (C=N–C) groups is 4. The number of hydrogen-bond donors (Lipinski definition) is 0. The van der Waals surface area contributed by atoms with E-state index in [1.54, 1.807) is 0 Å². The monoisotopic (exact) mass is 772 g/mol. The molecule has 0 saturated carbocycles. The van der Waals surface area contributed by atoms with E-state index in [9.17, 15) is 0 Å². The highest BCUT2D eigenvalue weighted by atomic mass is 15.2. The van der Waals surface area contributed by atoms with Gasteiger partial charge >= 0.3 is 0 Å². The minimum atomic E-state index is 0.331. The molecule has 0 N–H and O–H groups in total. The lowest BCUT2D eigenvalue weighted by Crippen LogP contribution is -2.21. The Hall–Kier alpha value is -7.96. The van der Waals surface area contributed by atoms with Gasteiger partial charge in [-0.3, -0.25) is 4.99 Å². The number of rotatable bonds is 8. The zero-order valence-electron chi connectivity index (χ0n) is 33.0. The average Bonchev–Trinajstić information content (AvgIpc) is 3.63. The van der Waals surface area contributed by atoms with Gasteiger partial charge in [0.15, 0.2) is 11.7 Å². The van der Waals surface area contributed by atoms with Crippen LogP contribution in [0.25, 0.3) is 55.2 Å². The van der Waals surface area contributed by atoms with Crippen molar-refractivity contribution in [3.8, 4) is 33.4 Å². The fraction of sp³-hybridized carbons (Fsp3) is 0.0370. The van der Waals surface area contributed by atoms with Crippen LogP contribution in [0.5, 0.6) is 0 Å². The topological polar surface area (TPSA) is 57.6 Å². The van der Waals surface area contributed by atoms with Crippen molar-refractivity contribution in [1.82, 2.24) is 4.57 Å². The second-order valence-corrected chi connectivity index (χ2v) is 14.8. The molecule has 6 heteroatoms. The van der Waals surface area contributed by atoms with Gasteiger partial charge in [-0.05, 0) is 95.3 Å². The molecule has 0 fully saturated rings. The van der Waals surface area contributed by atoms with Crippen molar-refractivity contribution >= 4 is 64.0 Å². The van der Waals surface area contributed by atoms with Crippen LogP contribution in [0.2, 0.25) is 0 Å². The number of hydrogen-bond acceptors (Lipinski definition) is 3. The molecule has 9 aromatic rings. The number of para-hydroxylation sites is 4. The van der Waals surface area contributed by atoms with E-state index in [-0.39, 0.29) is 0 Å². The van der Waals surface area contributed by atoms with Gasteiger partial charge in [-0.15, -0.1) is 0 Å². The fourth-order valence-corrected chi connectivity index (χ4v) is 8.46. The fourth-order valence-electron chi connectivity index (χ4n) is 8.46. The van der Waals surface area contributed by atoms with Gasteiger partial charge in [0.2, 0.25) is 0 Å². The van der Waals surface area contributed by atoms with Crippen LogP contribution in [-0.2, 0) is 13.2 Å². The van der Waals surface area contributed by atoms with Gasteiger partial charge in [-0.1, -0.05) is 146 Å². The van der Waals surface area contributed by atoms with Crippen molar-refractivity contribution < 1.29 is 0 Å². The second kappa shape index (κ2) is 15.8. The van der Waals surface area contributed by atoms with E-state index >= 15 is 0 Å². The molecular weight excluding hydrogens is 733 g/mol. The van der Waals surface area contributed by atoms with Crippen LogP contribution in [-0.4, -0.2) is 29.7 Å². The summed E-state index contributed by atoms with van der Waals surface area (Å²) in [5, 5.41) is 2.35. The average molecular weight is 773 g/mol. The van der Waals surface area contributed by atoms with Crippen LogP contribution in [0.3, 0.4) is 0 Å². The quantitative estimate of drug-likeness (QED) is 0.112. The molecule has 286 valence electrons. The molecule has 0 saturated heterocycles. The lowest BCUT2D eigenvalue weighted by molar-refractivity contribution is 0.791. The van der Waals surface area contributed by atoms with Crippen LogP contribution >= 0.6 is 0 Å². The van der Waals surface area contributed by atoms with Gasteiger partial charge in [0.25, 0.3) is 0 Å². The Morgan fingerprint density at radius 2 is 1.08 bits per heavy atom. The van der Waals surface area contributed by atoms with E-state index in [0.717, 1.165) is 61.5 Å². The summed E-state index contributed by atoms with van der Waals surface area (Å²) >= 11 is 0. The van der Waals surface area contributed by atoms with Crippen LogP contribution in [0.4, 0.5) is 17.1 Å². The maximum Gasteiger partial charge on any atom is 0.161 e. The van der Waals surface area contributed by atoms with E-state index in [1.807, 2.05) is 48.5 Å². The largest absolute Gasteiger partial charge is 0.335 e. The van der Waals surface area contributed by atoms with E-state index in [0.29, 0.717) is 24.9 Å². The first-order chi connectivity index (χ1) is 29.7. The lowest BCUT2D eigenvalue weighted by Gasteiger charge is -2.33. The lowest BCUT2D eigenvalue weighted by atomic mass is 9.91. The van der Waals surface area contributed by atoms with E-state index in [4.69, 9.17) is 9.98 Å². The zero-order chi connectivity index (χ0) is 40.4. The van der Waals surface area contributed by atoms with Crippen molar-refractivity contribution in [2.24, 2.45) is 20.0 Å². The Morgan fingerprint density at radius 3 is 1.78 bits per heavy atom. The maximum absolute atomic E-state index is 5.37. The first-order valence-electron chi connectivity index (χ1n) is 20.0. The van der Waals surface area contributed by atoms with Gasteiger partial charge < -0.3 is 9.47 Å². The third-order valence-corrected chi connectivity index (χ3v) is 11.3. The molecule has 60 heavy (non-hydrogen) atoms. The summed E-state index contributed by atoms with van der Waals surface area (Å²) in [6.45, 7) is 8.89. The summed E-state index contributed by atoms with van der Waals surface area (Å²) in [5.41, 5.74) is 15.0. The Balaban J connectivity index is 1.12. The standard InChI is InChI=1S/C54H40N6/c1-55-48-27-11-14-30-51(48)59-35-43-33-47-45-26-10-13-29-50(45)60(52(47)34-46(43)44-25-9-12-28-49(44)59)36-57-54(42-24-16-22-40(32-42)38-19-7-4-8-20-38)58-53(56-2)41-23-15-21-39(31-41)37-17-5-3-6-18-37/h3-34H,1-2,35-36H2/b57-54-,58-53?. The Labute approximate surface area is 349 Å². The summed E-state index contributed by atoms with van der Waals surface area (Å²) in [7, 11) is 0. The Morgan fingerprint density at radius 1 is 0.483 bits per heavy atom. The molecule has 2 heterocycles. The van der Waals surface area contributed by atoms with Gasteiger partial charge in [-0.2, -0.15) is 0 Å². The van der Waals surface area contributed by atoms with Crippen molar-refractivity contribution in [3.63, 3.8) is 0 Å². The molecule has 10 rings (SSSR count). The SMILES string of the molecule is C=NC(=N/C(=N\Cn1c2ccccc2c2cc3c(cc21)-c1ccccc1N(c1ccccc1N=C)C3)c1cccc(-c2ccccc2)c1)c1cccc(-c2ccccc2)c1. The molecule has 1 aliphatic heterocycles. The number of benzene rings is 8. The highest BCUT2D eigenvalue weighted by molar-refractivity contribution is 6.14. The Kier molecular flexibility index (Phi) is 9.56. The van der Waals surface area contributed by atoms with E-state index in [1.165, 1.54) is 27.5 Å². The summed E-state index contributed by atoms with van der Waals surface area (Å²) < 4.78 is 2.31. The smallest absolute Gasteiger partial charge is 0.161 e. The molecular formula is C54H40N6. The molecule has 0 aliphatic carbocycles. The predicted octanol–water partition coefficient (Wildman–Crippen LogP) is 13.3. The maximum atomic E-state index is 5.37. The number of nitrogens with zero attached hydrogens (tertiary/aromatic N) is 6. The molecule has 0 radical (unpaired) electrons. The number of aromatic nitrogens is 1. The predicted molar refractivity (Wildman–Crippen MR) is 253 cm³/mol. The summed E-state index contributed by atoms with van der Waals surface area (Å²) in [6.07, 6.45) is 0.